The average molecular weight is 498 g/mol. The zero-order valence-corrected chi connectivity index (χ0v) is 19.9. The molecule has 0 bridgehead atoms. The van der Waals surface area contributed by atoms with E-state index < -0.39 is 17.7 Å². The number of halogens is 2. The molecule has 1 unspecified atom stereocenters. The Morgan fingerprint density at radius 2 is 1.71 bits per heavy atom. The van der Waals surface area contributed by atoms with E-state index >= 15 is 0 Å². The fourth-order valence-corrected chi connectivity index (χ4v) is 4.25. The molecule has 1 atom stereocenters. The molecule has 0 radical (unpaired) electrons. The first-order valence-electron chi connectivity index (χ1n) is 10.5. The number of aliphatic hydroxyl groups excluding tert-OH is 1. The van der Waals surface area contributed by atoms with Crippen LogP contribution in [0.2, 0.25) is 10.0 Å². The Morgan fingerprint density at radius 3 is 2.35 bits per heavy atom. The van der Waals surface area contributed by atoms with E-state index in [9.17, 15) is 14.7 Å². The Hall–Kier alpha value is -3.48. The van der Waals surface area contributed by atoms with Crippen LogP contribution in [0.1, 0.15) is 24.1 Å². The van der Waals surface area contributed by atoms with Gasteiger partial charge in [0.25, 0.3) is 11.7 Å². The van der Waals surface area contributed by atoms with Crippen LogP contribution in [0.15, 0.2) is 72.3 Å². The summed E-state index contributed by atoms with van der Waals surface area (Å²) in [7, 11) is 1.52. The van der Waals surface area contributed by atoms with E-state index in [4.69, 9.17) is 32.7 Å². The van der Waals surface area contributed by atoms with Gasteiger partial charge in [0, 0.05) is 21.3 Å². The summed E-state index contributed by atoms with van der Waals surface area (Å²) in [6.07, 6.45) is 0. The van der Waals surface area contributed by atoms with Gasteiger partial charge in [0.15, 0.2) is 11.5 Å². The highest BCUT2D eigenvalue weighted by Crippen LogP contribution is 2.44. The molecule has 3 aromatic rings. The van der Waals surface area contributed by atoms with Gasteiger partial charge in [0.1, 0.15) is 5.76 Å². The molecule has 0 saturated carbocycles. The summed E-state index contributed by atoms with van der Waals surface area (Å²) in [5.41, 5.74) is 1.28. The monoisotopic (exact) mass is 497 g/mol. The summed E-state index contributed by atoms with van der Waals surface area (Å²) in [5, 5.41) is 12.1. The highest BCUT2D eigenvalue weighted by atomic mass is 35.5. The normalized spacial score (nSPS) is 17.2. The Balaban J connectivity index is 1.96. The van der Waals surface area contributed by atoms with Gasteiger partial charge in [-0.3, -0.25) is 14.5 Å². The molecule has 1 aliphatic rings. The van der Waals surface area contributed by atoms with Crippen LogP contribution in [-0.4, -0.2) is 30.5 Å². The molecule has 174 valence electrons. The van der Waals surface area contributed by atoms with Crippen LogP contribution in [0.4, 0.5) is 5.69 Å². The molecule has 6 nitrogen and oxygen atoms in total. The molecule has 1 heterocycles. The van der Waals surface area contributed by atoms with Gasteiger partial charge in [-0.15, -0.1) is 0 Å². The van der Waals surface area contributed by atoms with Crippen molar-refractivity contribution < 1.29 is 24.2 Å². The Labute approximate surface area is 206 Å². The molecule has 0 spiro atoms. The zero-order chi connectivity index (χ0) is 24.4. The number of aliphatic hydroxyl groups is 1. The van der Waals surface area contributed by atoms with Gasteiger partial charge >= 0.3 is 0 Å². The van der Waals surface area contributed by atoms with E-state index in [0.717, 1.165) is 0 Å². The Morgan fingerprint density at radius 1 is 0.971 bits per heavy atom. The first-order valence-corrected chi connectivity index (χ1v) is 11.2. The molecule has 8 heteroatoms. The van der Waals surface area contributed by atoms with Crippen molar-refractivity contribution in [1.29, 1.82) is 0 Å². The molecule has 1 amide bonds. The second kappa shape index (κ2) is 9.79. The number of methoxy groups -OCH3 is 1. The van der Waals surface area contributed by atoms with E-state index in [1.165, 1.54) is 12.0 Å². The summed E-state index contributed by atoms with van der Waals surface area (Å²) in [6, 6.07) is 17.2. The van der Waals surface area contributed by atoms with Gasteiger partial charge in [-0.05, 0) is 67.1 Å². The summed E-state index contributed by atoms with van der Waals surface area (Å²) >= 11 is 12.2. The summed E-state index contributed by atoms with van der Waals surface area (Å²) < 4.78 is 11.1. The summed E-state index contributed by atoms with van der Waals surface area (Å²) in [4.78, 5) is 27.8. The van der Waals surface area contributed by atoms with Gasteiger partial charge in [0.05, 0.1) is 25.3 Å². The van der Waals surface area contributed by atoms with Crippen LogP contribution >= 0.6 is 23.2 Å². The minimum absolute atomic E-state index is 0.0556. The highest BCUT2D eigenvalue weighted by Gasteiger charge is 2.47. The van der Waals surface area contributed by atoms with E-state index in [2.05, 4.69) is 0 Å². The van der Waals surface area contributed by atoms with E-state index in [0.29, 0.717) is 45.0 Å². The Bertz CT molecular complexity index is 1290. The number of nitrogens with zero attached hydrogens (tertiary/aromatic N) is 1. The molecule has 1 aliphatic heterocycles. The van der Waals surface area contributed by atoms with Crippen molar-refractivity contribution in [3.63, 3.8) is 0 Å². The van der Waals surface area contributed by atoms with Gasteiger partial charge < -0.3 is 14.6 Å². The summed E-state index contributed by atoms with van der Waals surface area (Å²) in [6.45, 7) is 2.23. The SMILES string of the molecule is CCOc1cc(C2/C(=C(/O)c3ccc(Cl)cc3)C(=O)C(=O)N2c2cccc(Cl)c2)ccc1OC. The number of carbonyl (C=O) groups is 2. The minimum Gasteiger partial charge on any atom is -0.507 e. The molecular formula is C26H21Cl2NO5. The lowest BCUT2D eigenvalue weighted by atomic mass is 9.94. The average Bonchev–Trinajstić information content (AvgIpc) is 3.09. The van der Waals surface area contributed by atoms with Gasteiger partial charge in [0.2, 0.25) is 0 Å². The van der Waals surface area contributed by atoms with Crippen LogP contribution in [0.5, 0.6) is 11.5 Å². The number of amides is 1. The molecule has 4 rings (SSSR count). The largest absolute Gasteiger partial charge is 0.507 e. The second-order valence-electron chi connectivity index (χ2n) is 7.50. The van der Waals surface area contributed by atoms with Crippen LogP contribution in [0, 0.1) is 0 Å². The maximum Gasteiger partial charge on any atom is 0.300 e. The predicted octanol–water partition coefficient (Wildman–Crippen LogP) is 6.03. The predicted molar refractivity (Wildman–Crippen MR) is 132 cm³/mol. The van der Waals surface area contributed by atoms with E-state index in [1.807, 2.05) is 6.92 Å². The lowest BCUT2D eigenvalue weighted by molar-refractivity contribution is -0.132. The number of ether oxygens (including phenoxy) is 2. The molecule has 1 saturated heterocycles. The minimum atomic E-state index is -0.931. The van der Waals surface area contributed by atoms with Gasteiger partial charge in [-0.25, -0.2) is 0 Å². The molecule has 0 aliphatic carbocycles. The first-order chi connectivity index (χ1) is 16.3. The lowest BCUT2D eigenvalue weighted by Gasteiger charge is -2.26. The number of rotatable bonds is 6. The number of hydrogen-bond acceptors (Lipinski definition) is 5. The zero-order valence-electron chi connectivity index (χ0n) is 18.4. The third-order valence-corrected chi connectivity index (χ3v) is 5.94. The molecular weight excluding hydrogens is 477 g/mol. The van der Waals surface area contributed by atoms with Crippen molar-refractivity contribution in [2.24, 2.45) is 0 Å². The molecule has 0 aromatic heterocycles. The first kappa shape index (κ1) is 23.7. The van der Waals surface area contributed by atoms with Gasteiger partial charge in [-0.1, -0.05) is 35.3 Å². The topological polar surface area (TPSA) is 76.1 Å². The van der Waals surface area contributed by atoms with Crippen molar-refractivity contribution in [2.45, 2.75) is 13.0 Å². The maximum atomic E-state index is 13.2. The molecule has 3 aromatic carbocycles. The third kappa shape index (κ3) is 4.34. The lowest BCUT2D eigenvalue weighted by Crippen LogP contribution is -2.29. The van der Waals surface area contributed by atoms with Crippen molar-refractivity contribution in [1.82, 2.24) is 0 Å². The molecule has 34 heavy (non-hydrogen) atoms. The quantitative estimate of drug-likeness (QED) is 0.255. The standard InChI is InChI=1S/C26H21Cl2NO5/c1-3-34-21-13-16(9-12-20(21)33-2)23-22(24(30)15-7-10-17(27)11-8-15)25(31)26(32)29(23)19-6-4-5-18(28)14-19/h4-14,23,30H,3H2,1-2H3/b24-22-. The van der Waals surface area contributed by atoms with Crippen LogP contribution in [0.25, 0.3) is 5.76 Å². The fraction of sp³-hybridized carbons (Fsp3) is 0.154. The number of hydrogen-bond donors (Lipinski definition) is 1. The van der Waals surface area contributed by atoms with Crippen molar-refractivity contribution in [3.05, 3.63) is 93.5 Å². The second-order valence-corrected chi connectivity index (χ2v) is 8.37. The summed E-state index contributed by atoms with van der Waals surface area (Å²) in [5.74, 6) is -0.949. The molecule has 1 fully saturated rings. The molecule has 1 N–H and O–H groups in total. The number of Topliss-reactive ketones (excluding diaryl/α,β-unsaturated/α-hetero) is 1. The van der Waals surface area contributed by atoms with Crippen LogP contribution in [0.3, 0.4) is 0 Å². The number of ketones is 1. The highest BCUT2D eigenvalue weighted by molar-refractivity contribution is 6.51. The van der Waals surface area contributed by atoms with Crippen molar-refractivity contribution in [2.75, 3.05) is 18.6 Å². The smallest absolute Gasteiger partial charge is 0.300 e. The number of benzene rings is 3. The van der Waals surface area contributed by atoms with Gasteiger partial charge in [-0.2, -0.15) is 0 Å². The van der Waals surface area contributed by atoms with Crippen LogP contribution < -0.4 is 14.4 Å². The van der Waals surface area contributed by atoms with E-state index in [1.54, 1.807) is 66.7 Å². The third-order valence-electron chi connectivity index (χ3n) is 5.45. The fourth-order valence-electron chi connectivity index (χ4n) is 3.94. The maximum absolute atomic E-state index is 13.2. The van der Waals surface area contributed by atoms with Crippen molar-refractivity contribution >= 4 is 46.3 Å². The van der Waals surface area contributed by atoms with E-state index in [-0.39, 0.29) is 11.3 Å². The van der Waals surface area contributed by atoms with Crippen molar-refractivity contribution in [3.8, 4) is 11.5 Å². The Kier molecular flexibility index (Phi) is 6.82. The number of anilines is 1. The number of carbonyl (C=O) groups excluding carboxylic acids is 2. The van der Waals surface area contributed by atoms with Crippen LogP contribution in [-0.2, 0) is 9.59 Å².